The van der Waals surface area contributed by atoms with Gasteiger partial charge in [0.25, 0.3) is 0 Å². The van der Waals surface area contributed by atoms with Crippen molar-refractivity contribution in [1.29, 1.82) is 0 Å². The number of hydrogen-bond donors (Lipinski definition) is 2. The number of aryl methyl sites for hydroxylation is 2. The van der Waals surface area contributed by atoms with Gasteiger partial charge in [-0.25, -0.2) is 0 Å². The van der Waals surface area contributed by atoms with Crippen LogP contribution in [0.3, 0.4) is 0 Å². The van der Waals surface area contributed by atoms with Crippen LogP contribution in [-0.2, 0) is 16.0 Å². The van der Waals surface area contributed by atoms with Crippen molar-refractivity contribution >= 4 is 34.9 Å². The van der Waals surface area contributed by atoms with E-state index in [1.165, 1.54) is 5.56 Å². The van der Waals surface area contributed by atoms with Crippen LogP contribution < -0.4 is 10.6 Å². The molecule has 2 amide bonds. The van der Waals surface area contributed by atoms with Gasteiger partial charge in [-0.3, -0.25) is 14.4 Å². The van der Waals surface area contributed by atoms with E-state index in [0.717, 1.165) is 12.0 Å². The summed E-state index contributed by atoms with van der Waals surface area (Å²) in [5, 5.41) is 5.85. The van der Waals surface area contributed by atoms with Crippen molar-refractivity contribution in [2.75, 3.05) is 11.9 Å². The van der Waals surface area contributed by atoms with Gasteiger partial charge in [0.05, 0.1) is 10.7 Å². The van der Waals surface area contributed by atoms with Crippen molar-refractivity contribution in [3.63, 3.8) is 0 Å². The van der Waals surface area contributed by atoms with Crippen molar-refractivity contribution in [3.05, 3.63) is 64.2 Å². The maximum absolute atomic E-state index is 12.1. The van der Waals surface area contributed by atoms with Crippen LogP contribution in [0.15, 0.2) is 42.5 Å². The summed E-state index contributed by atoms with van der Waals surface area (Å²) in [7, 11) is 0. The monoisotopic (exact) mass is 400 g/mol. The van der Waals surface area contributed by atoms with Gasteiger partial charge in [0.1, 0.15) is 0 Å². The highest BCUT2D eigenvalue weighted by Gasteiger charge is 2.10. The van der Waals surface area contributed by atoms with E-state index in [2.05, 4.69) is 17.6 Å². The molecule has 2 aromatic rings. The Bertz CT molecular complexity index is 847. The zero-order valence-electron chi connectivity index (χ0n) is 16.2. The van der Waals surface area contributed by atoms with Crippen LogP contribution in [0.25, 0.3) is 0 Å². The summed E-state index contributed by atoms with van der Waals surface area (Å²) in [5.74, 6) is -0.553. The summed E-state index contributed by atoms with van der Waals surface area (Å²) < 4.78 is 0. The van der Waals surface area contributed by atoms with Gasteiger partial charge in [0.2, 0.25) is 11.8 Å². The number of hydrogen-bond acceptors (Lipinski definition) is 3. The van der Waals surface area contributed by atoms with E-state index < -0.39 is 0 Å². The Kier molecular flexibility index (Phi) is 8.20. The average molecular weight is 401 g/mol. The number of carbonyl (C=O) groups is 3. The maximum Gasteiger partial charge on any atom is 0.226 e. The molecule has 148 valence electrons. The first kappa shape index (κ1) is 21.6. The highest BCUT2D eigenvalue weighted by molar-refractivity contribution is 6.33. The molecule has 0 aliphatic heterocycles. The second kappa shape index (κ2) is 10.6. The molecule has 5 nitrogen and oxygen atoms in total. The van der Waals surface area contributed by atoms with Crippen LogP contribution >= 0.6 is 11.6 Å². The SMILES string of the molecule is CCc1ccc(C(=O)CCC(=O)NCCC(=O)Nc2ccc(C)cc2Cl)cc1. The highest BCUT2D eigenvalue weighted by atomic mass is 35.5. The van der Waals surface area contributed by atoms with Gasteiger partial charge >= 0.3 is 0 Å². The lowest BCUT2D eigenvalue weighted by atomic mass is 10.0. The second-order valence-electron chi connectivity index (χ2n) is 6.61. The molecule has 0 saturated heterocycles. The zero-order valence-corrected chi connectivity index (χ0v) is 16.9. The topological polar surface area (TPSA) is 75.3 Å². The number of carbonyl (C=O) groups excluding carboxylic acids is 3. The Labute approximate surface area is 170 Å². The minimum Gasteiger partial charge on any atom is -0.356 e. The fourth-order valence-electron chi connectivity index (χ4n) is 2.64. The number of amides is 2. The average Bonchev–Trinajstić information content (AvgIpc) is 2.68. The summed E-state index contributed by atoms with van der Waals surface area (Å²) >= 11 is 6.08. The third-order valence-corrected chi connectivity index (χ3v) is 4.65. The first-order valence-electron chi connectivity index (χ1n) is 9.34. The van der Waals surface area contributed by atoms with Gasteiger partial charge in [0.15, 0.2) is 5.78 Å². The van der Waals surface area contributed by atoms with Gasteiger partial charge in [0, 0.05) is 31.4 Å². The van der Waals surface area contributed by atoms with E-state index in [4.69, 9.17) is 11.6 Å². The van der Waals surface area contributed by atoms with Crippen LogP contribution in [-0.4, -0.2) is 24.1 Å². The molecule has 6 heteroatoms. The Hall–Kier alpha value is -2.66. The maximum atomic E-state index is 12.1. The lowest BCUT2D eigenvalue weighted by Gasteiger charge is -2.09. The molecule has 0 radical (unpaired) electrons. The molecule has 0 heterocycles. The largest absolute Gasteiger partial charge is 0.356 e. The van der Waals surface area contributed by atoms with Gasteiger partial charge < -0.3 is 10.6 Å². The minimum atomic E-state index is -0.250. The molecule has 28 heavy (non-hydrogen) atoms. The lowest BCUT2D eigenvalue weighted by Crippen LogP contribution is -2.28. The molecule has 2 aromatic carbocycles. The first-order valence-corrected chi connectivity index (χ1v) is 9.71. The lowest BCUT2D eigenvalue weighted by molar-refractivity contribution is -0.121. The molecule has 2 N–H and O–H groups in total. The molecule has 0 aliphatic carbocycles. The van der Waals surface area contributed by atoms with E-state index in [9.17, 15) is 14.4 Å². The van der Waals surface area contributed by atoms with Crippen molar-refractivity contribution in [2.24, 2.45) is 0 Å². The quantitative estimate of drug-likeness (QED) is 0.615. The third kappa shape index (κ3) is 6.82. The van der Waals surface area contributed by atoms with Crippen molar-refractivity contribution in [1.82, 2.24) is 5.32 Å². The van der Waals surface area contributed by atoms with Crippen molar-refractivity contribution < 1.29 is 14.4 Å². The van der Waals surface area contributed by atoms with E-state index in [1.807, 2.05) is 25.1 Å². The Morgan fingerprint density at radius 3 is 2.29 bits per heavy atom. The summed E-state index contributed by atoms with van der Waals surface area (Å²) in [5.41, 5.74) is 3.33. The van der Waals surface area contributed by atoms with E-state index in [1.54, 1.807) is 24.3 Å². The zero-order chi connectivity index (χ0) is 20.5. The summed E-state index contributed by atoms with van der Waals surface area (Å²) in [4.78, 5) is 36.0. The molecule has 2 rings (SSSR count). The summed E-state index contributed by atoms with van der Waals surface area (Å²) in [6.45, 7) is 4.17. The fourth-order valence-corrected chi connectivity index (χ4v) is 2.92. The van der Waals surface area contributed by atoms with Gasteiger partial charge in [-0.2, -0.15) is 0 Å². The molecule has 0 fully saturated rings. The fraction of sp³-hybridized carbons (Fsp3) is 0.318. The molecule has 0 saturated carbocycles. The third-order valence-electron chi connectivity index (χ3n) is 4.34. The van der Waals surface area contributed by atoms with Crippen LogP contribution in [0.5, 0.6) is 0 Å². The smallest absolute Gasteiger partial charge is 0.226 e. The molecule has 0 atom stereocenters. The molecule has 0 aliphatic rings. The van der Waals surface area contributed by atoms with Crippen LogP contribution in [0, 0.1) is 6.92 Å². The standard InChI is InChI=1S/C22H25ClN2O3/c1-3-16-5-7-17(8-6-16)20(26)10-11-21(27)24-13-12-22(28)25-19-9-4-15(2)14-18(19)23/h4-9,14H,3,10-13H2,1-2H3,(H,24,27)(H,25,28). The number of nitrogens with one attached hydrogen (secondary N) is 2. The van der Waals surface area contributed by atoms with Crippen molar-refractivity contribution in [2.45, 2.75) is 39.5 Å². The van der Waals surface area contributed by atoms with E-state index in [-0.39, 0.29) is 43.4 Å². The summed E-state index contributed by atoms with van der Waals surface area (Å²) in [6.07, 6.45) is 1.28. The molecule has 0 unspecified atom stereocenters. The molecular formula is C22H25ClN2O3. The number of halogens is 1. The van der Waals surface area contributed by atoms with Crippen LogP contribution in [0.1, 0.15) is 47.7 Å². The molecule has 0 spiro atoms. The number of ketones is 1. The number of benzene rings is 2. The number of anilines is 1. The van der Waals surface area contributed by atoms with Crippen LogP contribution in [0.4, 0.5) is 5.69 Å². The number of Topliss-reactive ketones (excluding diaryl/α,β-unsaturated/α-hetero) is 1. The predicted molar refractivity (Wildman–Crippen MR) is 112 cm³/mol. The first-order chi connectivity index (χ1) is 13.4. The number of rotatable bonds is 9. The molecule has 0 aromatic heterocycles. The second-order valence-corrected chi connectivity index (χ2v) is 7.01. The van der Waals surface area contributed by atoms with Gasteiger partial charge in [-0.05, 0) is 36.6 Å². The Morgan fingerprint density at radius 1 is 0.929 bits per heavy atom. The Morgan fingerprint density at radius 2 is 1.64 bits per heavy atom. The van der Waals surface area contributed by atoms with Gasteiger partial charge in [-0.15, -0.1) is 0 Å². The molecule has 0 bridgehead atoms. The normalized spacial score (nSPS) is 10.4. The predicted octanol–water partition coefficient (Wildman–Crippen LogP) is 4.32. The van der Waals surface area contributed by atoms with Crippen molar-refractivity contribution in [3.8, 4) is 0 Å². The van der Waals surface area contributed by atoms with Crippen LogP contribution in [0.2, 0.25) is 5.02 Å². The molecular weight excluding hydrogens is 376 g/mol. The minimum absolute atomic E-state index is 0.0652. The van der Waals surface area contributed by atoms with E-state index in [0.29, 0.717) is 16.3 Å². The summed E-state index contributed by atoms with van der Waals surface area (Å²) in [6, 6.07) is 12.8. The Balaban J connectivity index is 1.68. The van der Waals surface area contributed by atoms with Gasteiger partial charge in [-0.1, -0.05) is 48.9 Å². The highest BCUT2D eigenvalue weighted by Crippen LogP contribution is 2.22. The van der Waals surface area contributed by atoms with E-state index >= 15 is 0 Å².